The van der Waals surface area contributed by atoms with E-state index < -0.39 is 11.6 Å². The fourth-order valence-corrected chi connectivity index (χ4v) is 3.82. The molecule has 0 amide bonds. The maximum atomic E-state index is 14.4. The van der Waals surface area contributed by atoms with Gasteiger partial charge >= 0.3 is 0 Å². The minimum atomic E-state index is -0.632. The Kier molecular flexibility index (Phi) is 4.18. The van der Waals surface area contributed by atoms with Gasteiger partial charge in [-0.05, 0) is 42.5 Å². The Labute approximate surface area is 155 Å². The van der Waals surface area contributed by atoms with E-state index in [1.54, 1.807) is 19.1 Å². The van der Waals surface area contributed by atoms with Crippen LogP contribution in [0.15, 0.2) is 42.5 Å². The third-order valence-corrected chi connectivity index (χ3v) is 4.95. The molecule has 0 aliphatic heterocycles. The van der Waals surface area contributed by atoms with Crippen LogP contribution in [0.3, 0.4) is 0 Å². The van der Waals surface area contributed by atoms with Gasteiger partial charge in [0, 0.05) is 18.1 Å². The number of fused-ring (bicyclic) bond motifs is 1. The number of benzene rings is 2. The van der Waals surface area contributed by atoms with Crippen LogP contribution in [0.2, 0.25) is 0 Å². The number of aromatic nitrogens is 2. The van der Waals surface area contributed by atoms with E-state index in [1.807, 2.05) is 12.1 Å². The Morgan fingerprint density at radius 1 is 1.04 bits per heavy atom. The van der Waals surface area contributed by atoms with Gasteiger partial charge in [0.2, 0.25) is 5.95 Å². The summed E-state index contributed by atoms with van der Waals surface area (Å²) < 4.78 is 27.7. The lowest BCUT2D eigenvalue weighted by molar-refractivity contribution is 0.0962. The third-order valence-electron chi connectivity index (χ3n) is 4.95. The third kappa shape index (κ3) is 3.07. The largest absolute Gasteiger partial charge is 0.368 e. The van der Waals surface area contributed by atoms with Crippen molar-refractivity contribution in [1.29, 1.82) is 0 Å². The Hall–Kier alpha value is -3.15. The first-order valence-corrected chi connectivity index (χ1v) is 8.64. The van der Waals surface area contributed by atoms with Gasteiger partial charge in [0.25, 0.3) is 0 Å². The lowest BCUT2D eigenvalue weighted by Crippen LogP contribution is -2.23. The molecule has 3 aromatic rings. The SMILES string of the molecule is Cc1nc(N)nc2c1C(=O)CC(c1ccccc1-c1ccc(F)cc1F)C2. The number of carbonyl (C=O) groups excluding carboxylic acids is 1. The van der Waals surface area contributed by atoms with Crippen molar-refractivity contribution in [1.82, 2.24) is 9.97 Å². The molecule has 136 valence electrons. The quantitative estimate of drug-likeness (QED) is 0.738. The van der Waals surface area contributed by atoms with E-state index in [4.69, 9.17) is 5.73 Å². The molecule has 2 N–H and O–H groups in total. The zero-order valence-electron chi connectivity index (χ0n) is 14.7. The molecule has 1 aliphatic carbocycles. The van der Waals surface area contributed by atoms with Gasteiger partial charge in [-0.25, -0.2) is 18.7 Å². The van der Waals surface area contributed by atoms with E-state index in [-0.39, 0.29) is 24.1 Å². The average Bonchev–Trinajstić information content (AvgIpc) is 2.61. The van der Waals surface area contributed by atoms with E-state index in [9.17, 15) is 13.6 Å². The Morgan fingerprint density at radius 2 is 1.81 bits per heavy atom. The fourth-order valence-electron chi connectivity index (χ4n) is 3.82. The molecule has 1 aromatic heterocycles. The van der Waals surface area contributed by atoms with Crippen LogP contribution in [0.1, 0.15) is 39.6 Å². The molecule has 0 spiro atoms. The number of Topliss-reactive ketones (excluding diaryl/α,β-unsaturated/α-hetero) is 1. The van der Waals surface area contributed by atoms with Crippen LogP contribution in [-0.2, 0) is 6.42 Å². The summed E-state index contributed by atoms with van der Waals surface area (Å²) in [5.41, 5.74) is 9.27. The molecule has 27 heavy (non-hydrogen) atoms. The molecule has 0 radical (unpaired) electrons. The van der Waals surface area contributed by atoms with Gasteiger partial charge < -0.3 is 5.73 Å². The summed E-state index contributed by atoms with van der Waals surface area (Å²) in [5.74, 6) is -1.34. The van der Waals surface area contributed by atoms with Crippen LogP contribution < -0.4 is 5.73 Å². The van der Waals surface area contributed by atoms with Gasteiger partial charge in [-0.3, -0.25) is 4.79 Å². The smallest absolute Gasteiger partial charge is 0.220 e. The summed E-state index contributed by atoms with van der Waals surface area (Å²) in [4.78, 5) is 21.1. The number of ketones is 1. The second kappa shape index (κ2) is 6.54. The molecule has 0 saturated carbocycles. The molecule has 1 aliphatic rings. The topological polar surface area (TPSA) is 68.9 Å². The highest BCUT2D eigenvalue weighted by atomic mass is 19.1. The molecule has 0 bridgehead atoms. The monoisotopic (exact) mass is 365 g/mol. The summed E-state index contributed by atoms with van der Waals surface area (Å²) in [6.45, 7) is 1.75. The lowest BCUT2D eigenvalue weighted by Gasteiger charge is -2.26. The number of halogens is 2. The van der Waals surface area contributed by atoms with Crippen molar-refractivity contribution in [2.75, 3.05) is 5.73 Å². The predicted octanol–water partition coefficient (Wildman–Crippen LogP) is 4.23. The normalized spacial score (nSPS) is 16.3. The van der Waals surface area contributed by atoms with Gasteiger partial charge in [0.1, 0.15) is 11.6 Å². The Morgan fingerprint density at radius 3 is 2.59 bits per heavy atom. The van der Waals surface area contributed by atoms with Crippen LogP contribution in [0.4, 0.5) is 14.7 Å². The number of nitrogens with zero attached hydrogens (tertiary/aromatic N) is 2. The molecule has 4 rings (SSSR count). The van der Waals surface area contributed by atoms with Crippen LogP contribution in [0.5, 0.6) is 0 Å². The van der Waals surface area contributed by atoms with Crippen molar-refractivity contribution in [3.63, 3.8) is 0 Å². The lowest BCUT2D eigenvalue weighted by atomic mass is 9.78. The van der Waals surface area contributed by atoms with E-state index in [0.717, 1.165) is 11.6 Å². The summed E-state index contributed by atoms with van der Waals surface area (Å²) in [6, 6.07) is 10.8. The molecule has 0 saturated heterocycles. The van der Waals surface area contributed by atoms with E-state index in [2.05, 4.69) is 9.97 Å². The summed E-state index contributed by atoms with van der Waals surface area (Å²) in [6.07, 6.45) is 0.787. The maximum absolute atomic E-state index is 14.4. The number of nitrogens with two attached hydrogens (primary N) is 1. The highest BCUT2D eigenvalue weighted by molar-refractivity contribution is 6.00. The first-order valence-electron chi connectivity index (χ1n) is 8.64. The van der Waals surface area contributed by atoms with Gasteiger partial charge in [0.15, 0.2) is 5.78 Å². The Balaban J connectivity index is 1.80. The van der Waals surface area contributed by atoms with Crippen LogP contribution in [-0.4, -0.2) is 15.8 Å². The van der Waals surface area contributed by atoms with Crippen LogP contribution in [0, 0.1) is 18.6 Å². The molecule has 6 heteroatoms. The fraction of sp³-hybridized carbons (Fsp3) is 0.190. The van der Waals surface area contributed by atoms with Crippen LogP contribution in [0.25, 0.3) is 11.1 Å². The number of rotatable bonds is 2. The minimum Gasteiger partial charge on any atom is -0.368 e. The van der Waals surface area contributed by atoms with Crippen molar-refractivity contribution in [2.45, 2.75) is 25.7 Å². The summed E-state index contributed by atoms with van der Waals surface area (Å²) in [5, 5.41) is 0. The molecule has 1 unspecified atom stereocenters. The predicted molar refractivity (Wildman–Crippen MR) is 98.4 cm³/mol. The minimum absolute atomic E-state index is 0.0480. The second-order valence-corrected chi connectivity index (χ2v) is 6.73. The van der Waals surface area contributed by atoms with Gasteiger partial charge in [-0.2, -0.15) is 0 Å². The highest BCUT2D eigenvalue weighted by Gasteiger charge is 2.31. The van der Waals surface area contributed by atoms with Crippen molar-refractivity contribution in [2.24, 2.45) is 0 Å². The molecular formula is C21H17F2N3O. The van der Waals surface area contributed by atoms with Gasteiger partial charge in [-0.15, -0.1) is 0 Å². The summed E-state index contributed by atoms with van der Waals surface area (Å²) >= 11 is 0. The van der Waals surface area contributed by atoms with Crippen LogP contribution >= 0.6 is 0 Å². The molecule has 0 fully saturated rings. The molecule has 1 atom stereocenters. The standard InChI is InChI=1S/C21H17F2N3O/c1-11-20-18(26-21(24)25-11)8-12(9-19(20)27)14-4-2-3-5-15(14)16-7-6-13(22)10-17(16)23/h2-7,10,12H,8-9H2,1H3,(H2,24,25,26). The number of nitrogen functional groups attached to an aromatic ring is 1. The zero-order valence-corrected chi connectivity index (χ0v) is 14.7. The molecule has 2 aromatic carbocycles. The highest BCUT2D eigenvalue weighted by Crippen LogP contribution is 2.38. The number of aryl methyl sites for hydroxylation is 1. The summed E-state index contributed by atoms with van der Waals surface area (Å²) in [7, 11) is 0. The second-order valence-electron chi connectivity index (χ2n) is 6.73. The van der Waals surface area contributed by atoms with Gasteiger partial charge in [-0.1, -0.05) is 24.3 Å². The van der Waals surface area contributed by atoms with E-state index in [1.165, 1.54) is 12.1 Å². The number of hydrogen-bond donors (Lipinski definition) is 1. The van der Waals surface area contributed by atoms with E-state index in [0.29, 0.717) is 34.5 Å². The number of hydrogen-bond acceptors (Lipinski definition) is 4. The van der Waals surface area contributed by atoms with E-state index >= 15 is 0 Å². The average molecular weight is 365 g/mol. The molecule has 4 nitrogen and oxygen atoms in total. The van der Waals surface area contributed by atoms with Crippen molar-refractivity contribution >= 4 is 11.7 Å². The first kappa shape index (κ1) is 17.3. The number of carbonyl (C=O) groups is 1. The Bertz CT molecular complexity index is 1070. The first-order chi connectivity index (χ1) is 12.9. The molecule has 1 heterocycles. The number of anilines is 1. The van der Waals surface area contributed by atoms with Crippen molar-refractivity contribution in [3.05, 3.63) is 76.6 Å². The van der Waals surface area contributed by atoms with Crippen molar-refractivity contribution in [3.8, 4) is 11.1 Å². The zero-order chi connectivity index (χ0) is 19.1. The molecular weight excluding hydrogens is 348 g/mol. The maximum Gasteiger partial charge on any atom is 0.220 e. The van der Waals surface area contributed by atoms with Gasteiger partial charge in [0.05, 0.1) is 17.0 Å². The van der Waals surface area contributed by atoms with Crippen molar-refractivity contribution < 1.29 is 13.6 Å².